The summed E-state index contributed by atoms with van der Waals surface area (Å²) in [5.41, 5.74) is 0. The highest BCUT2D eigenvalue weighted by atomic mass is 16.5. The third-order valence-corrected chi connectivity index (χ3v) is 4.54. The average Bonchev–Trinajstić information content (AvgIpc) is 3.24. The van der Waals surface area contributed by atoms with Gasteiger partial charge < -0.3 is 13.8 Å². The average molecular weight is 319 g/mol. The summed E-state index contributed by atoms with van der Waals surface area (Å²) in [5.74, 6) is 2.48. The normalized spacial score (nSPS) is 22.0. The molecule has 2 aromatic rings. The van der Waals surface area contributed by atoms with Crippen molar-refractivity contribution in [3.8, 4) is 0 Å². The minimum atomic E-state index is 0.177. The van der Waals surface area contributed by atoms with E-state index in [9.17, 15) is 0 Å². The van der Waals surface area contributed by atoms with E-state index >= 15 is 0 Å². The van der Waals surface area contributed by atoms with Gasteiger partial charge >= 0.3 is 0 Å². The van der Waals surface area contributed by atoms with Crippen LogP contribution in [0.25, 0.3) is 0 Å². The number of ether oxygens (including phenoxy) is 1. The lowest BCUT2D eigenvalue weighted by Gasteiger charge is -2.21. The van der Waals surface area contributed by atoms with E-state index in [0.29, 0.717) is 11.7 Å². The molecular weight excluding hydrogens is 294 g/mol. The molecule has 7 heteroatoms. The van der Waals surface area contributed by atoms with Crippen LogP contribution in [-0.2, 0) is 11.3 Å². The topological polar surface area (TPSA) is 69.2 Å². The molecule has 1 aliphatic rings. The summed E-state index contributed by atoms with van der Waals surface area (Å²) in [6.07, 6.45) is 7.29. The first kappa shape index (κ1) is 16.1. The maximum Gasteiger partial charge on any atom is 0.244 e. The molecule has 3 heterocycles. The number of aromatic nitrogens is 4. The number of aryl methyl sites for hydroxylation is 3. The number of imidazole rings is 1. The molecule has 0 radical (unpaired) electrons. The van der Waals surface area contributed by atoms with E-state index in [2.05, 4.69) is 24.6 Å². The van der Waals surface area contributed by atoms with E-state index in [1.165, 1.54) is 0 Å². The van der Waals surface area contributed by atoms with Gasteiger partial charge in [-0.25, -0.2) is 4.98 Å². The summed E-state index contributed by atoms with van der Waals surface area (Å²) in [5, 5.41) is 3.92. The van der Waals surface area contributed by atoms with Crippen molar-refractivity contribution in [2.24, 2.45) is 0 Å². The van der Waals surface area contributed by atoms with E-state index in [-0.39, 0.29) is 12.1 Å². The van der Waals surface area contributed by atoms with Crippen LogP contribution in [0, 0.1) is 13.8 Å². The van der Waals surface area contributed by atoms with Crippen molar-refractivity contribution in [2.45, 2.75) is 51.8 Å². The van der Waals surface area contributed by atoms with Crippen LogP contribution in [-0.4, -0.2) is 50.9 Å². The van der Waals surface area contributed by atoms with Crippen molar-refractivity contribution in [3.05, 3.63) is 29.9 Å². The molecule has 2 atom stereocenters. The van der Waals surface area contributed by atoms with Gasteiger partial charge in [-0.1, -0.05) is 5.16 Å². The van der Waals surface area contributed by atoms with Gasteiger partial charge in [-0.15, -0.1) is 0 Å². The highest BCUT2D eigenvalue weighted by Gasteiger charge is 2.36. The molecule has 3 rings (SSSR count). The monoisotopic (exact) mass is 319 g/mol. The summed E-state index contributed by atoms with van der Waals surface area (Å²) in [6.45, 7) is 6.84. The predicted octanol–water partition coefficient (Wildman–Crippen LogP) is 2.13. The fraction of sp³-hybridized carbons (Fsp3) is 0.688. The van der Waals surface area contributed by atoms with Gasteiger partial charge in [-0.05, 0) is 39.7 Å². The Labute approximate surface area is 136 Å². The zero-order valence-electron chi connectivity index (χ0n) is 14.1. The van der Waals surface area contributed by atoms with E-state index < -0.39 is 0 Å². The van der Waals surface area contributed by atoms with Crippen LogP contribution in [0.3, 0.4) is 0 Å². The lowest BCUT2D eigenvalue weighted by atomic mass is 10.2. The molecule has 2 aromatic heterocycles. The van der Waals surface area contributed by atoms with E-state index in [0.717, 1.165) is 44.7 Å². The van der Waals surface area contributed by atoms with Gasteiger partial charge in [-0.2, -0.15) is 4.98 Å². The predicted molar refractivity (Wildman–Crippen MR) is 85.0 cm³/mol. The molecule has 0 aromatic carbocycles. The first-order chi connectivity index (χ1) is 11.2. The zero-order chi connectivity index (χ0) is 16.2. The second-order valence-corrected chi connectivity index (χ2v) is 6.16. The number of unbranched alkanes of at least 4 members (excludes halogenated alkanes) is 1. The maximum absolute atomic E-state index is 5.54. The fourth-order valence-electron chi connectivity index (χ4n) is 3.22. The first-order valence-corrected chi connectivity index (χ1v) is 8.22. The zero-order valence-corrected chi connectivity index (χ0v) is 14.1. The van der Waals surface area contributed by atoms with Crippen molar-refractivity contribution in [3.63, 3.8) is 0 Å². The quantitative estimate of drug-likeness (QED) is 0.728. The third kappa shape index (κ3) is 3.79. The molecule has 1 aliphatic heterocycles. The number of methoxy groups -OCH3 is 1. The Morgan fingerprint density at radius 1 is 1.30 bits per heavy atom. The molecule has 1 fully saturated rings. The van der Waals surface area contributed by atoms with Crippen LogP contribution < -0.4 is 0 Å². The van der Waals surface area contributed by atoms with E-state index in [1.807, 2.05) is 26.2 Å². The van der Waals surface area contributed by atoms with Gasteiger partial charge in [0, 0.05) is 32.6 Å². The Kier molecular flexibility index (Phi) is 5.07. The molecule has 0 N–H and O–H groups in total. The molecule has 7 nitrogen and oxygen atoms in total. The number of hydrogen-bond acceptors (Lipinski definition) is 6. The standard InChI is InChI=1S/C16H25N5O2/c1-12-18-16(23-19-12)15-10-14(22-3)11-21(15)8-5-4-7-20-9-6-17-13(20)2/h6,9,14-15H,4-5,7-8,10-11H2,1-3H3/t14-,15-/m1/s1. The molecule has 0 unspecified atom stereocenters. The maximum atomic E-state index is 5.54. The highest BCUT2D eigenvalue weighted by molar-refractivity contribution is 4.98. The molecule has 0 aliphatic carbocycles. The Morgan fingerprint density at radius 2 is 2.13 bits per heavy atom. The summed E-state index contributed by atoms with van der Waals surface area (Å²) in [4.78, 5) is 11.1. The first-order valence-electron chi connectivity index (χ1n) is 8.22. The van der Waals surface area contributed by atoms with Crippen molar-refractivity contribution in [1.82, 2.24) is 24.6 Å². The van der Waals surface area contributed by atoms with E-state index in [1.54, 1.807) is 7.11 Å². The molecule has 0 saturated carbocycles. The Hall–Kier alpha value is -1.73. The van der Waals surface area contributed by atoms with Crippen LogP contribution in [0.1, 0.15) is 42.8 Å². The molecule has 126 valence electrons. The van der Waals surface area contributed by atoms with Gasteiger partial charge in [0.15, 0.2) is 5.82 Å². The van der Waals surface area contributed by atoms with Crippen LogP contribution in [0.5, 0.6) is 0 Å². The lowest BCUT2D eigenvalue weighted by Crippen LogP contribution is -2.26. The second kappa shape index (κ2) is 7.23. The summed E-state index contributed by atoms with van der Waals surface area (Å²) < 4.78 is 13.1. The molecule has 0 amide bonds. The van der Waals surface area contributed by atoms with Crippen LogP contribution >= 0.6 is 0 Å². The minimum Gasteiger partial charge on any atom is -0.380 e. The summed E-state index contributed by atoms with van der Waals surface area (Å²) >= 11 is 0. The fourth-order valence-corrected chi connectivity index (χ4v) is 3.22. The SMILES string of the molecule is CO[C@@H]1C[C@H](c2nc(C)no2)N(CCCCn2ccnc2C)C1. The molecule has 23 heavy (non-hydrogen) atoms. The molecule has 0 spiro atoms. The largest absolute Gasteiger partial charge is 0.380 e. The smallest absolute Gasteiger partial charge is 0.244 e. The molecule has 1 saturated heterocycles. The molecule has 0 bridgehead atoms. The number of rotatable bonds is 7. The van der Waals surface area contributed by atoms with Gasteiger partial charge in [0.2, 0.25) is 5.89 Å². The number of nitrogens with zero attached hydrogens (tertiary/aromatic N) is 5. The second-order valence-electron chi connectivity index (χ2n) is 6.16. The van der Waals surface area contributed by atoms with Gasteiger partial charge in [0.05, 0.1) is 12.1 Å². The van der Waals surface area contributed by atoms with Gasteiger partial charge in [0.1, 0.15) is 5.82 Å². The minimum absolute atomic E-state index is 0.177. The van der Waals surface area contributed by atoms with Crippen molar-refractivity contribution < 1.29 is 9.26 Å². The summed E-state index contributed by atoms with van der Waals surface area (Å²) in [7, 11) is 1.77. The number of likely N-dealkylation sites (tertiary alicyclic amines) is 1. The highest BCUT2D eigenvalue weighted by Crippen LogP contribution is 2.32. The van der Waals surface area contributed by atoms with Crippen molar-refractivity contribution >= 4 is 0 Å². The Bertz CT molecular complexity index is 624. The van der Waals surface area contributed by atoms with Crippen molar-refractivity contribution in [1.29, 1.82) is 0 Å². The lowest BCUT2D eigenvalue weighted by molar-refractivity contribution is 0.108. The van der Waals surface area contributed by atoms with Crippen LogP contribution in [0.15, 0.2) is 16.9 Å². The van der Waals surface area contributed by atoms with Gasteiger partial charge in [-0.3, -0.25) is 4.90 Å². The summed E-state index contributed by atoms with van der Waals surface area (Å²) in [6, 6.07) is 0.177. The number of hydrogen-bond donors (Lipinski definition) is 0. The Balaban J connectivity index is 1.53. The van der Waals surface area contributed by atoms with Gasteiger partial charge in [0.25, 0.3) is 0 Å². The van der Waals surface area contributed by atoms with Crippen LogP contribution in [0.4, 0.5) is 0 Å². The third-order valence-electron chi connectivity index (χ3n) is 4.54. The Morgan fingerprint density at radius 3 is 2.78 bits per heavy atom. The van der Waals surface area contributed by atoms with Crippen LogP contribution in [0.2, 0.25) is 0 Å². The molecular formula is C16H25N5O2. The van der Waals surface area contributed by atoms with Crippen molar-refractivity contribution in [2.75, 3.05) is 20.2 Å². The van der Waals surface area contributed by atoms with E-state index in [4.69, 9.17) is 9.26 Å².